The van der Waals surface area contributed by atoms with Crippen LogP contribution in [-0.2, 0) is 16.5 Å². The number of aryl methyl sites for hydroxylation is 1. The summed E-state index contributed by atoms with van der Waals surface area (Å²) in [5, 5.41) is 14.3. The van der Waals surface area contributed by atoms with Crippen LogP contribution in [0.1, 0.15) is 39.2 Å². The number of methoxy groups -OCH3 is 1. The van der Waals surface area contributed by atoms with E-state index in [-0.39, 0.29) is 11.5 Å². The van der Waals surface area contributed by atoms with Crippen molar-refractivity contribution in [1.82, 2.24) is 19.9 Å². The summed E-state index contributed by atoms with van der Waals surface area (Å²) in [6.07, 6.45) is -0.630. The van der Waals surface area contributed by atoms with Crippen LogP contribution in [0.2, 0.25) is 0 Å². The first-order valence-corrected chi connectivity index (χ1v) is 11.3. The maximum Gasteiger partial charge on any atom is 0.433 e. The number of thiazole rings is 1. The Labute approximate surface area is 207 Å². The van der Waals surface area contributed by atoms with Gasteiger partial charge in [-0.2, -0.15) is 13.2 Å². The monoisotopic (exact) mass is 515 g/mol. The van der Waals surface area contributed by atoms with Gasteiger partial charge in [0.2, 0.25) is 5.95 Å². The number of carbonyl (C=O) groups excluding carboxylic acids is 1. The SMILES string of the molecule is COC(=O)c1ccc(C(C)(O)c2ncc(-c3cc(C)cc(Nc4nccc(C(F)(F)F)n4)c3)s2)nc1. The zero-order valence-corrected chi connectivity index (χ0v) is 20.1. The van der Waals surface area contributed by atoms with Crippen molar-refractivity contribution < 1.29 is 27.8 Å². The van der Waals surface area contributed by atoms with E-state index in [2.05, 4.69) is 30.0 Å². The Morgan fingerprint density at radius 3 is 2.50 bits per heavy atom. The van der Waals surface area contributed by atoms with Gasteiger partial charge in [-0.25, -0.2) is 19.7 Å². The average molecular weight is 516 g/mol. The Morgan fingerprint density at radius 2 is 1.83 bits per heavy atom. The topological polar surface area (TPSA) is 110 Å². The first-order valence-electron chi connectivity index (χ1n) is 10.5. The molecule has 186 valence electrons. The molecule has 1 atom stereocenters. The van der Waals surface area contributed by atoms with E-state index in [1.54, 1.807) is 25.3 Å². The van der Waals surface area contributed by atoms with Gasteiger partial charge in [0.05, 0.1) is 23.2 Å². The minimum absolute atomic E-state index is 0.184. The summed E-state index contributed by atoms with van der Waals surface area (Å²) in [7, 11) is 1.27. The summed E-state index contributed by atoms with van der Waals surface area (Å²) in [4.78, 5) is 28.3. The molecular weight excluding hydrogens is 495 g/mol. The fraction of sp³-hybridized carbons (Fsp3) is 0.208. The van der Waals surface area contributed by atoms with E-state index < -0.39 is 23.4 Å². The molecular formula is C24H20F3N5O3S. The molecule has 4 aromatic rings. The summed E-state index contributed by atoms with van der Waals surface area (Å²) < 4.78 is 43.6. The number of hydrogen-bond donors (Lipinski definition) is 2. The number of aliphatic hydroxyl groups is 1. The number of esters is 1. The molecule has 0 aliphatic heterocycles. The maximum absolute atomic E-state index is 13.0. The van der Waals surface area contributed by atoms with Crippen molar-refractivity contribution in [3.63, 3.8) is 0 Å². The van der Waals surface area contributed by atoms with Crippen molar-refractivity contribution in [2.24, 2.45) is 0 Å². The van der Waals surface area contributed by atoms with Gasteiger partial charge in [0.1, 0.15) is 10.7 Å². The molecule has 0 spiro atoms. The number of hydrogen-bond acceptors (Lipinski definition) is 9. The van der Waals surface area contributed by atoms with Crippen molar-refractivity contribution in [2.75, 3.05) is 12.4 Å². The maximum atomic E-state index is 13.0. The highest BCUT2D eigenvalue weighted by Gasteiger charge is 2.33. The Morgan fingerprint density at radius 1 is 1.06 bits per heavy atom. The molecule has 3 heterocycles. The summed E-state index contributed by atoms with van der Waals surface area (Å²) in [6, 6.07) is 9.19. The Kier molecular flexibility index (Phi) is 6.74. The van der Waals surface area contributed by atoms with Gasteiger partial charge in [-0.15, -0.1) is 11.3 Å². The molecule has 4 rings (SSSR count). The number of aromatic nitrogens is 4. The van der Waals surface area contributed by atoms with Gasteiger partial charge in [0.15, 0.2) is 5.60 Å². The average Bonchev–Trinajstić information content (AvgIpc) is 3.34. The molecule has 0 saturated heterocycles. The van der Waals surface area contributed by atoms with Crippen molar-refractivity contribution in [3.05, 3.63) is 82.5 Å². The summed E-state index contributed by atoms with van der Waals surface area (Å²) in [5.74, 6) is -0.722. The van der Waals surface area contributed by atoms with Gasteiger partial charge in [0.25, 0.3) is 0 Å². The third-order valence-corrected chi connectivity index (χ3v) is 6.43. The molecule has 0 radical (unpaired) electrons. The third kappa shape index (κ3) is 5.34. The van der Waals surface area contributed by atoms with Crippen LogP contribution >= 0.6 is 11.3 Å². The highest BCUT2D eigenvalue weighted by atomic mass is 32.1. The van der Waals surface area contributed by atoms with E-state index >= 15 is 0 Å². The normalized spacial score (nSPS) is 13.2. The number of pyridine rings is 1. The van der Waals surface area contributed by atoms with Crippen molar-refractivity contribution >= 4 is 28.9 Å². The number of benzene rings is 1. The van der Waals surface area contributed by atoms with Crippen molar-refractivity contribution in [2.45, 2.75) is 25.6 Å². The van der Waals surface area contributed by atoms with E-state index in [9.17, 15) is 23.1 Å². The van der Waals surface area contributed by atoms with Crippen LogP contribution in [0.15, 0.2) is 55.0 Å². The van der Waals surface area contributed by atoms with Crippen LogP contribution in [0.3, 0.4) is 0 Å². The highest BCUT2D eigenvalue weighted by Crippen LogP contribution is 2.36. The van der Waals surface area contributed by atoms with E-state index in [0.29, 0.717) is 21.3 Å². The van der Waals surface area contributed by atoms with E-state index in [1.807, 2.05) is 13.0 Å². The van der Waals surface area contributed by atoms with Gasteiger partial charge in [0, 0.05) is 24.3 Å². The summed E-state index contributed by atoms with van der Waals surface area (Å²) in [5.41, 5.74) is 0.0306. The second kappa shape index (κ2) is 9.63. The van der Waals surface area contributed by atoms with Crippen molar-refractivity contribution in [3.8, 4) is 10.4 Å². The molecule has 0 saturated carbocycles. The molecule has 8 nitrogen and oxygen atoms in total. The number of halogens is 3. The Balaban J connectivity index is 1.60. The minimum atomic E-state index is -4.58. The van der Waals surface area contributed by atoms with Gasteiger partial charge in [-0.1, -0.05) is 6.07 Å². The van der Waals surface area contributed by atoms with Gasteiger partial charge >= 0.3 is 12.1 Å². The predicted molar refractivity (Wildman–Crippen MR) is 127 cm³/mol. The third-order valence-electron chi connectivity index (χ3n) is 5.17. The van der Waals surface area contributed by atoms with E-state index in [1.165, 1.54) is 36.8 Å². The van der Waals surface area contributed by atoms with E-state index in [0.717, 1.165) is 23.4 Å². The molecule has 0 bridgehead atoms. The van der Waals surface area contributed by atoms with Gasteiger partial charge in [-0.05, 0) is 55.3 Å². The molecule has 12 heteroatoms. The van der Waals surface area contributed by atoms with Crippen LogP contribution < -0.4 is 5.32 Å². The smallest absolute Gasteiger partial charge is 0.433 e. The zero-order valence-electron chi connectivity index (χ0n) is 19.3. The molecule has 0 amide bonds. The molecule has 2 N–H and O–H groups in total. The minimum Gasteiger partial charge on any atom is -0.465 e. The second-order valence-electron chi connectivity index (χ2n) is 8.00. The second-order valence-corrected chi connectivity index (χ2v) is 9.03. The fourth-order valence-corrected chi connectivity index (χ4v) is 4.32. The lowest BCUT2D eigenvalue weighted by molar-refractivity contribution is -0.141. The predicted octanol–water partition coefficient (Wildman–Crippen LogP) is 5.11. The number of nitrogens with zero attached hydrogens (tertiary/aromatic N) is 4. The van der Waals surface area contributed by atoms with Crippen molar-refractivity contribution in [1.29, 1.82) is 0 Å². The Hall–Kier alpha value is -3.90. The molecule has 3 aromatic heterocycles. The molecule has 1 unspecified atom stereocenters. The van der Waals surface area contributed by atoms with Crippen LogP contribution in [0, 0.1) is 6.92 Å². The quantitative estimate of drug-likeness (QED) is 0.341. The highest BCUT2D eigenvalue weighted by molar-refractivity contribution is 7.15. The lowest BCUT2D eigenvalue weighted by Crippen LogP contribution is -2.24. The lowest BCUT2D eigenvalue weighted by Gasteiger charge is -2.20. The fourth-order valence-electron chi connectivity index (χ4n) is 3.37. The van der Waals surface area contributed by atoms with Crippen LogP contribution in [0.5, 0.6) is 0 Å². The molecule has 36 heavy (non-hydrogen) atoms. The standard InChI is InChI=1S/C24H20F3N5O3S/c1-13-8-15(10-16(9-13)31-22-28-7-6-19(32-22)24(25,26)27)17-12-30-21(36-17)23(2,34)18-5-4-14(11-29-18)20(33)35-3/h4-12,34H,1-3H3,(H,28,31,32). The molecule has 0 fully saturated rings. The number of anilines is 2. The van der Waals surface area contributed by atoms with Crippen LogP contribution in [-0.4, -0.2) is 38.1 Å². The first kappa shape index (κ1) is 25.2. The largest absolute Gasteiger partial charge is 0.465 e. The Bertz CT molecular complexity index is 1400. The summed E-state index contributed by atoms with van der Waals surface area (Å²) in [6.45, 7) is 3.39. The molecule has 1 aromatic carbocycles. The molecule has 0 aliphatic carbocycles. The van der Waals surface area contributed by atoms with Gasteiger partial charge < -0.3 is 15.2 Å². The number of carbonyl (C=O) groups is 1. The number of rotatable bonds is 6. The van der Waals surface area contributed by atoms with Gasteiger partial charge in [-0.3, -0.25) is 4.98 Å². The summed E-state index contributed by atoms with van der Waals surface area (Å²) >= 11 is 1.23. The number of ether oxygens (including phenoxy) is 1. The first-order chi connectivity index (χ1) is 17.0. The van der Waals surface area contributed by atoms with Crippen LogP contribution in [0.4, 0.5) is 24.8 Å². The number of nitrogens with one attached hydrogen (secondary N) is 1. The zero-order chi connectivity index (χ0) is 26.1. The lowest BCUT2D eigenvalue weighted by atomic mass is 10.0. The van der Waals surface area contributed by atoms with E-state index in [4.69, 9.17) is 0 Å². The molecule has 0 aliphatic rings. The van der Waals surface area contributed by atoms with Crippen LogP contribution in [0.25, 0.3) is 10.4 Å². The number of alkyl halides is 3.